The molecule has 0 aromatic heterocycles. The van der Waals surface area contributed by atoms with Gasteiger partial charge >= 0.3 is 0 Å². The topological polar surface area (TPSA) is 26.0 Å². The molecule has 0 heterocycles. The molecular formula is C16H25N. The predicted molar refractivity (Wildman–Crippen MR) is 74.0 cm³/mol. The lowest BCUT2D eigenvalue weighted by Gasteiger charge is -2.27. The van der Waals surface area contributed by atoms with Gasteiger partial charge in [-0.25, -0.2) is 0 Å². The van der Waals surface area contributed by atoms with E-state index in [4.69, 9.17) is 5.73 Å². The van der Waals surface area contributed by atoms with Crippen molar-refractivity contribution in [3.63, 3.8) is 0 Å². The number of benzene rings is 1. The second-order valence-corrected chi connectivity index (χ2v) is 6.67. The lowest BCUT2D eigenvalue weighted by molar-refractivity contribution is 0.342. The first-order valence-electron chi connectivity index (χ1n) is 6.81. The summed E-state index contributed by atoms with van der Waals surface area (Å²) in [7, 11) is 0. The summed E-state index contributed by atoms with van der Waals surface area (Å²) in [5.41, 5.74) is 9.33. The van der Waals surface area contributed by atoms with Gasteiger partial charge in [0.05, 0.1) is 0 Å². The van der Waals surface area contributed by atoms with Crippen LogP contribution in [0.2, 0.25) is 0 Å². The van der Waals surface area contributed by atoms with Crippen molar-refractivity contribution < 1.29 is 0 Å². The van der Waals surface area contributed by atoms with Gasteiger partial charge in [-0.3, -0.25) is 0 Å². The van der Waals surface area contributed by atoms with Crippen LogP contribution in [0.3, 0.4) is 0 Å². The monoisotopic (exact) mass is 231 g/mol. The van der Waals surface area contributed by atoms with Crippen LogP contribution in [0.4, 0.5) is 0 Å². The van der Waals surface area contributed by atoms with Crippen molar-refractivity contribution in [1.82, 2.24) is 0 Å². The van der Waals surface area contributed by atoms with Gasteiger partial charge in [0, 0.05) is 6.04 Å². The molecule has 94 valence electrons. The van der Waals surface area contributed by atoms with Crippen molar-refractivity contribution in [2.24, 2.45) is 11.1 Å². The minimum atomic E-state index is 0.172. The molecule has 0 saturated heterocycles. The fourth-order valence-electron chi connectivity index (χ4n) is 2.53. The van der Waals surface area contributed by atoms with E-state index in [1.54, 1.807) is 0 Å². The molecule has 1 fully saturated rings. The molecule has 0 bridgehead atoms. The van der Waals surface area contributed by atoms with E-state index in [0.29, 0.717) is 5.41 Å². The Labute approximate surface area is 105 Å². The van der Waals surface area contributed by atoms with Crippen molar-refractivity contribution in [1.29, 1.82) is 0 Å². The van der Waals surface area contributed by atoms with Gasteiger partial charge in [-0.2, -0.15) is 0 Å². The van der Waals surface area contributed by atoms with Crippen LogP contribution >= 0.6 is 0 Å². The molecule has 0 amide bonds. The van der Waals surface area contributed by atoms with Gasteiger partial charge in [0.15, 0.2) is 0 Å². The molecule has 0 radical (unpaired) electrons. The Kier molecular flexibility index (Phi) is 3.58. The van der Waals surface area contributed by atoms with Gasteiger partial charge in [0.1, 0.15) is 0 Å². The molecule has 1 nitrogen and oxygen atoms in total. The van der Waals surface area contributed by atoms with Crippen LogP contribution in [-0.2, 0) is 0 Å². The SMILES string of the molecule is CC(C)(C)CC(N)c1ccc(C2CCC2)cc1. The molecule has 0 aliphatic heterocycles. The third-order valence-corrected chi connectivity index (χ3v) is 3.77. The van der Waals surface area contributed by atoms with Gasteiger partial charge in [-0.15, -0.1) is 0 Å². The smallest absolute Gasteiger partial charge is 0.0299 e. The fourth-order valence-corrected chi connectivity index (χ4v) is 2.53. The zero-order chi connectivity index (χ0) is 12.5. The maximum atomic E-state index is 6.25. The van der Waals surface area contributed by atoms with E-state index in [1.165, 1.54) is 30.4 Å². The summed E-state index contributed by atoms with van der Waals surface area (Å²) in [6.07, 6.45) is 5.17. The predicted octanol–water partition coefficient (Wildman–Crippen LogP) is 4.39. The van der Waals surface area contributed by atoms with Gasteiger partial charge < -0.3 is 5.73 Å². The molecule has 2 rings (SSSR count). The zero-order valence-corrected chi connectivity index (χ0v) is 11.4. The quantitative estimate of drug-likeness (QED) is 0.820. The number of nitrogens with two attached hydrogens (primary N) is 1. The molecule has 1 aromatic carbocycles. The second kappa shape index (κ2) is 4.81. The highest BCUT2D eigenvalue weighted by molar-refractivity contribution is 5.28. The summed E-state index contributed by atoms with van der Waals surface area (Å²) in [5, 5.41) is 0. The third kappa shape index (κ3) is 3.32. The lowest BCUT2D eigenvalue weighted by atomic mass is 9.79. The average Bonchev–Trinajstić information content (AvgIpc) is 2.13. The zero-order valence-electron chi connectivity index (χ0n) is 11.4. The van der Waals surface area contributed by atoms with E-state index in [0.717, 1.165) is 12.3 Å². The van der Waals surface area contributed by atoms with Crippen molar-refractivity contribution in [2.75, 3.05) is 0 Å². The Morgan fingerprint density at radius 3 is 2.18 bits per heavy atom. The Morgan fingerprint density at radius 1 is 1.18 bits per heavy atom. The number of rotatable bonds is 3. The number of hydrogen-bond acceptors (Lipinski definition) is 1. The van der Waals surface area contributed by atoms with Crippen LogP contribution in [0, 0.1) is 5.41 Å². The fraction of sp³-hybridized carbons (Fsp3) is 0.625. The normalized spacial score (nSPS) is 18.8. The van der Waals surface area contributed by atoms with E-state index >= 15 is 0 Å². The maximum Gasteiger partial charge on any atom is 0.0299 e. The van der Waals surface area contributed by atoms with Crippen LogP contribution in [0.1, 0.15) is 69.5 Å². The Hall–Kier alpha value is -0.820. The molecule has 1 saturated carbocycles. The van der Waals surface area contributed by atoms with Crippen LogP contribution < -0.4 is 5.73 Å². The molecule has 0 spiro atoms. The van der Waals surface area contributed by atoms with Crippen LogP contribution in [0.5, 0.6) is 0 Å². The molecule has 1 aliphatic carbocycles. The molecule has 2 N–H and O–H groups in total. The summed E-state index contributed by atoms with van der Waals surface area (Å²) in [5.74, 6) is 0.822. The summed E-state index contributed by atoms with van der Waals surface area (Å²) in [4.78, 5) is 0. The van der Waals surface area contributed by atoms with E-state index in [9.17, 15) is 0 Å². The Balaban J connectivity index is 2.01. The molecule has 1 unspecified atom stereocenters. The Morgan fingerprint density at radius 2 is 1.76 bits per heavy atom. The largest absolute Gasteiger partial charge is 0.324 e. The van der Waals surface area contributed by atoms with E-state index in [-0.39, 0.29) is 6.04 Å². The Bertz CT molecular complexity index is 354. The number of hydrogen-bond donors (Lipinski definition) is 1. The van der Waals surface area contributed by atoms with E-state index < -0.39 is 0 Å². The van der Waals surface area contributed by atoms with Gasteiger partial charge in [-0.1, -0.05) is 51.5 Å². The van der Waals surface area contributed by atoms with Crippen LogP contribution in [-0.4, -0.2) is 0 Å². The van der Waals surface area contributed by atoms with Crippen molar-refractivity contribution in [2.45, 2.75) is 58.4 Å². The van der Waals surface area contributed by atoms with Gasteiger partial charge in [-0.05, 0) is 41.7 Å². The summed E-state index contributed by atoms with van der Waals surface area (Å²) >= 11 is 0. The summed E-state index contributed by atoms with van der Waals surface area (Å²) < 4.78 is 0. The van der Waals surface area contributed by atoms with Crippen molar-refractivity contribution in [3.05, 3.63) is 35.4 Å². The van der Waals surface area contributed by atoms with E-state index in [2.05, 4.69) is 45.0 Å². The first kappa shape index (κ1) is 12.6. The highest BCUT2D eigenvalue weighted by Gasteiger charge is 2.20. The second-order valence-electron chi connectivity index (χ2n) is 6.67. The van der Waals surface area contributed by atoms with Gasteiger partial charge in [0.25, 0.3) is 0 Å². The molecule has 1 atom stereocenters. The summed E-state index contributed by atoms with van der Waals surface area (Å²) in [6.45, 7) is 6.74. The van der Waals surface area contributed by atoms with Crippen LogP contribution in [0.25, 0.3) is 0 Å². The molecular weight excluding hydrogens is 206 g/mol. The van der Waals surface area contributed by atoms with Crippen molar-refractivity contribution >= 4 is 0 Å². The molecule has 1 aromatic rings. The average molecular weight is 231 g/mol. The first-order valence-corrected chi connectivity index (χ1v) is 6.81. The van der Waals surface area contributed by atoms with Crippen molar-refractivity contribution in [3.8, 4) is 0 Å². The summed E-state index contributed by atoms with van der Waals surface area (Å²) in [6, 6.07) is 9.18. The molecule has 1 heteroatoms. The third-order valence-electron chi connectivity index (χ3n) is 3.77. The lowest BCUT2D eigenvalue weighted by Crippen LogP contribution is -2.18. The first-order chi connectivity index (χ1) is 7.96. The maximum absolute atomic E-state index is 6.25. The van der Waals surface area contributed by atoms with Crippen LogP contribution in [0.15, 0.2) is 24.3 Å². The molecule has 17 heavy (non-hydrogen) atoms. The van der Waals surface area contributed by atoms with E-state index in [1.807, 2.05) is 0 Å². The van der Waals surface area contributed by atoms with Gasteiger partial charge in [0.2, 0.25) is 0 Å². The highest BCUT2D eigenvalue weighted by atomic mass is 14.6. The highest BCUT2D eigenvalue weighted by Crippen LogP contribution is 2.37. The molecule has 1 aliphatic rings. The minimum absolute atomic E-state index is 0.172. The minimum Gasteiger partial charge on any atom is -0.324 e. The standard InChI is InChI=1S/C16H25N/c1-16(2,3)11-15(17)14-9-7-13(8-10-14)12-5-4-6-12/h7-10,12,15H,4-6,11,17H2,1-3H3.